The topological polar surface area (TPSA) is 55.6 Å². The lowest BCUT2D eigenvalue weighted by Crippen LogP contribution is -2.43. The monoisotopic (exact) mass is 460 g/mol. The molecule has 1 aliphatic heterocycles. The van der Waals surface area contributed by atoms with Crippen LogP contribution in [0.25, 0.3) is 11.1 Å². The Kier molecular flexibility index (Phi) is 9.35. The van der Waals surface area contributed by atoms with Crippen LogP contribution in [0.3, 0.4) is 0 Å². The molecule has 182 valence electrons. The number of hydrogen-bond acceptors (Lipinski definition) is 3. The number of nitrogens with zero attached hydrogens (tertiary/aromatic N) is 1. The van der Waals surface area contributed by atoms with E-state index in [1.165, 1.54) is 55.5 Å². The molecule has 2 aliphatic rings. The Morgan fingerprint density at radius 2 is 1.62 bits per heavy atom. The molecule has 1 saturated heterocycles. The quantitative estimate of drug-likeness (QED) is 0.412. The molecule has 1 saturated carbocycles. The average Bonchev–Trinajstić information content (AvgIpc) is 3.28. The second kappa shape index (κ2) is 12.9. The molecule has 0 bridgehead atoms. The summed E-state index contributed by atoms with van der Waals surface area (Å²) < 4.78 is 6.57. The molecule has 0 radical (unpaired) electrons. The van der Waals surface area contributed by atoms with Gasteiger partial charge in [0, 0.05) is 18.4 Å². The van der Waals surface area contributed by atoms with Gasteiger partial charge in [-0.15, -0.1) is 0 Å². The van der Waals surface area contributed by atoms with Gasteiger partial charge in [0.1, 0.15) is 0 Å². The zero-order valence-corrected chi connectivity index (χ0v) is 20.4. The van der Waals surface area contributed by atoms with E-state index in [1.807, 2.05) is 0 Å². The first-order valence-electron chi connectivity index (χ1n) is 13.1. The molecule has 2 aromatic carbocycles. The van der Waals surface area contributed by atoms with Crippen LogP contribution in [-0.2, 0) is 16.1 Å². The number of likely N-dealkylation sites (tertiary alicyclic amines) is 1. The van der Waals surface area contributed by atoms with E-state index >= 15 is 0 Å². The molecule has 0 unspecified atom stereocenters. The van der Waals surface area contributed by atoms with Crippen LogP contribution in [0.5, 0.6) is 0 Å². The Balaban J connectivity index is 1.34. The first kappa shape index (κ1) is 24.7. The van der Waals surface area contributed by atoms with E-state index in [9.17, 15) is 4.79 Å². The molecule has 2 aromatic rings. The number of allylic oxidation sites excluding steroid dienone is 2. The summed E-state index contributed by atoms with van der Waals surface area (Å²) in [6, 6.07) is 20.0. The van der Waals surface area contributed by atoms with Crippen molar-refractivity contribution in [2.75, 3.05) is 13.1 Å². The number of rotatable bonds is 11. The SMILES string of the molecule is NC(=O)CC/C=C\CC[C@H]1[C@@H](OCc2ccc(-c3ccccc3)cc2)CC[C@@H]1N1CCCCC1. The van der Waals surface area contributed by atoms with E-state index in [2.05, 4.69) is 71.6 Å². The van der Waals surface area contributed by atoms with Gasteiger partial charge in [-0.05, 0) is 74.7 Å². The zero-order valence-electron chi connectivity index (χ0n) is 20.4. The third-order valence-corrected chi connectivity index (χ3v) is 7.49. The Morgan fingerprint density at radius 1 is 0.912 bits per heavy atom. The summed E-state index contributed by atoms with van der Waals surface area (Å²) in [6.45, 7) is 3.16. The molecule has 4 rings (SSSR count). The standard InChI is InChI=1S/C30H40N2O2/c31-30(33)14-8-2-1-7-13-27-28(32-21-9-4-10-22-32)19-20-29(27)34-23-24-15-17-26(18-16-24)25-11-5-3-6-12-25/h1-3,5-6,11-12,15-18,27-29H,4,7-10,13-14,19-23H2,(H2,31,33)/b2-1-/t27-,28+,29+/m1/s1. The highest BCUT2D eigenvalue weighted by Gasteiger charge is 2.39. The largest absolute Gasteiger partial charge is 0.373 e. The summed E-state index contributed by atoms with van der Waals surface area (Å²) in [7, 11) is 0. The predicted octanol–water partition coefficient (Wildman–Crippen LogP) is 6.11. The number of benzene rings is 2. The third kappa shape index (κ3) is 7.04. The Morgan fingerprint density at radius 3 is 2.35 bits per heavy atom. The Labute approximate surface area is 205 Å². The van der Waals surface area contributed by atoms with Gasteiger partial charge in [-0.25, -0.2) is 0 Å². The maximum Gasteiger partial charge on any atom is 0.217 e. The van der Waals surface area contributed by atoms with Crippen molar-refractivity contribution in [3.8, 4) is 11.1 Å². The molecule has 4 nitrogen and oxygen atoms in total. The molecule has 1 aliphatic carbocycles. The van der Waals surface area contributed by atoms with Gasteiger partial charge in [0.2, 0.25) is 5.91 Å². The number of amides is 1. The number of primary amides is 1. The normalized spacial score (nSPS) is 23.5. The first-order chi connectivity index (χ1) is 16.7. The average molecular weight is 461 g/mol. The third-order valence-electron chi connectivity index (χ3n) is 7.49. The van der Waals surface area contributed by atoms with Crippen molar-refractivity contribution >= 4 is 5.91 Å². The van der Waals surface area contributed by atoms with E-state index in [0.717, 1.165) is 25.7 Å². The summed E-state index contributed by atoms with van der Waals surface area (Å²) >= 11 is 0. The fraction of sp³-hybridized carbons (Fsp3) is 0.500. The summed E-state index contributed by atoms with van der Waals surface area (Å²) in [5.74, 6) is 0.346. The molecule has 0 spiro atoms. The molecule has 4 heteroatoms. The number of piperidine rings is 1. The Bertz CT molecular complexity index is 903. The van der Waals surface area contributed by atoms with Gasteiger partial charge in [-0.1, -0.05) is 73.2 Å². The number of nitrogens with two attached hydrogens (primary N) is 1. The fourth-order valence-corrected chi connectivity index (χ4v) is 5.68. The molecule has 1 amide bonds. The maximum atomic E-state index is 10.9. The molecule has 2 fully saturated rings. The van der Waals surface area contributed by atoms with Gasteiger partial charge >= 0.3 is 0 Å². The summed E-state index contributed by atoms with van der Waals surface area (Å²) in [5, 5.41) is 0. The summed E-state index contributed by atoms with van der Waals surface area (Å²) in [4.78, 5) is 13.7. The molecule has 2 N–H and O–H groups in total. The van der Waals surface area contributed by atoms with Crippen LogP contribution in [-0.4, -0.2) is 36.0 Å². The molecular weight excluding hydrogens is 420 g/mol. The molecule has 34 heavy (non-hydrogen) atoms. The minimum atomic E-state index is -0.226. The summed E-state index contributed by atoms with van der Waals surface area (Å²) in [6.07, 6.45) is 14.5. The molecular formula is C30H40N2O2. The number of carbonyl (C=O) groups excluding carboxylic acids is 1. The van der Waals surface area contributed by atoms with E-state index in [0.29, 0.717) is 31.1 Å². The van der Waals surface area contributed by atoms with E-state index in [1.54, 1.807) is 0 Å². The maximum absolute atomic E-state index is 10.9. The number of hydrogen-bond donors (Lipinski definition) is 1. The van der Waals surface area contributed by atoms with Crippen molar-refractivity contribution in [3.63, 3.8) is 0 Å². The highest BCUT2D eigenvalue weighted by molar-refractivity contribution is 5.73. The van der Waals surface area contributed by atoms with Crippen LogP contribution in [0.4, 0.5) is 0 Å². The highest BCUT2D eigenvalue weighted by atomic mass is 16.5. The first-order valence-corrected chi connectivity index (χ1v) is 13.1. The second-order valence-corrected chi connectivity index (χ2v) is 9.87. The van der Waals surface area contributed by atoms with E-state index in [4.69, 9.17) is 10.5 Å². The van der Waals surface area contributed by atoms with Crippen molar-refractivity contribution in [3.05, 3.63) is 72.3 Å². The predicted molar refractivity (Wildman–Crippen MR) is 139 cm³/mol. The molecule has 3 atom stereocenters. The highest BCUT2D eigenvalue weighted by Crippen LogP contribution is 2.37. The van der Waals surface area contributed by atoms with Crippen LogP contribution in [0.1, 0.15) is 63.4 Å². The Hall–Kier alpha value is -2.43. The minimum Gasteiger partial charge on any atom is -0.373 e. The number of ether oxygens (including phenoxy) is 1. The van der Waals surface area contributed by atoms with Crippen LogP contribution in [0.15, 0.2) is 66.7 Å². The number of carbonyl (C=O) groups is 1. The van der Waals surface area contributed by atoms with Crippen molar-refractivity contribution in [2.24, 2.45) is 11.7 Å². The van der Waals surface area contributed by atoms with Crippen molar-refractivity contribution < 1.29 is 9.53 Å². The van der Waals surface area contributed by atoms with Crippen molar-refractivity contribution in [1.29, 1.82) is 0 Å². The smallest absolute Gasteiger partial charge is 0.217 e. The van der Waals surface area contributed by atoms with Crippen molar-refractivity contribution in [1.82, 2.24) is 4.90 Å². The van der Waals surface area contributed by atoms with Gasteiger partial charge in [-0.2, -0.15) is 0 Å². The summed E-state index contributed by atoms with van der Waals surface area (Å²) in [5.41, 5.74) is 8.99. The van der Waals surface area contributed by atoms with Crippen LogP contribution >= 0.6 is 0 Å². The van der Waals surface area contributed by atoms with Gasteiger partial charge in [-0.3, -0.25) is 4.79 Å². The zero-order chi connectivity index (χ0) is 23.6. The van der Waals surface area contributed by atoms with Crippen LogP contribution in [0, 0.1) is 5.92 Å². The minimum absolute atomic E-state index is 0.226. The van der Waals surface area contributed by atoms with Gasteiger partial charge < -0.3 is 15.4 Å². The molecule has 0 aromatic heterocycles. The molecule has 1 heterocycles. The van der Waals surface area contributed by atoms with Crippen LogP contribution in [0.2, 0.25) is 0 Å². The lowest BCUT2D eigenvalue weighted by Gasteiger charge is -2.37. The lowest BCUT2D eigenvalue weighted by molar-refractivity contribution is -0.117. The fourth-order valence-electron chi connectivity index (χ4n) is 5.68. The van der Waals surface area contributed by atoms with Crippen LogP contribution < -0.4 is 5.73 Å². The van der Waals surface area contributed by atoms with Gasteiger partial charge in [0.25, 0.3) is 0 Å². The van der Waals surface area contributed by atoms with Crippen molar-refractivity contribution in [2.45, 2.75) is 76.5 Å². The van der Waals surface area contributed by atoms with E-state index < -0.39 is 0 Å². The van der Waals surface area contributed by atoms with E-state index in [-0.39, 0.29) is 5.91 Å². The second-order valence-electron chi connectivity index (χ2n) is 9.87. The lowest BCUT2D eigenvalue weighted by atomic mass is 9.93. The van der Waals surface area contributed by atoms with Gasteiger partial charge in [0.15, 0.2) is 0 Å². The van der Waals surface area contributed by atoms with Gasteiger partial charge in [0.05, 0.1) is 12.7 Å².